The van der Waals surface area contributed by atoms with E-state index in [1.807, 2.05) is 65.9 Å². The molecule has 3 heterocycles. The lowest BCUT2D eigenvalue weighted by Gasteiger charge is -2.10. The summed E-state index contributed by atoms with van der Waals surface area (Å²) in [7, 11) is 0. The Hall–Kier alpha value is -5.91. The average molecular weight is 606 g/mol. The molecule has 3 aromatic heterocycles. The number of aromatic nitrogens is 3. The third-order valence-corrected chi connectivity index (χ3v) is 10.1. The third kappa shape index (κ3) is 3.89. The summed E-state index contributed by atoms with van der Waals surface area (Å²) in [5, 5.41) is 9.64. The third-order valence-electron chi connectivity index (χ3n) is 8.91. The molecule has 10 aromatic rings. The largest absolute Gasteiger partial charge is 0.456 e. The van der Waals surface area contributed by atoms with E-state index in [9.17, 15) is 0 Å². The standard InChI is InChI=1S/C41H23N3OS/c1-2-8-26(9-3-1)39-42-40(44-41(43-39)28-19-20-30-29-10-4-6-12-34(29)45-35(30)23-28)27-17-15-24-14-16-25-18-21-32-31-11-5-7-13-36(31)46-38(32)37(25)33(24)22-27/h1-23H. The molecule has 0 aliphatic heterocycles. The number of furan rings is 1. The summed E-state index contributed by atoms with van der Waals surface area (Å²) in [6.45, 7) is 0. The van der Waals surface area contributed by atoms with E-state index in [1.54, 1.807) is 0 Å². The van der Waals surface area contributed by atoms with Crippen molar-refractivity contribution in [3.05, 3.63) is 140 Å². The molecule has 0 amide bonds. The fraction of sp³-hybridized carbons (Fsp3) is 0. The Kier molecular flexibility index (Phi) is 5.41. The van der Waals surface area contributed by atoms with Gasteiger partial charge in [0.25, 0.3) is 0 Å². The number of benzene rings is 7. The fourth-order valence-corrected chi connectivity index (χ4v) is 7.95. The van der Waals surface area contributed by atoms with Gasteiger partial charge in [-0.15, -0.1) is 11.3 Å². The molecule has 0 unspecified atom stereocenters. The Bertz CT molecular complexity index is 2820. The molecule has 7 aromatic carbocycles. The Balaban J connectivity index is 1.21. The van der Waals surface area contributed by atoms with E-state index in [0.717, 1.165) is 38.6 Å². The van der Waals surface area contributed by atoms with Gasteiger partial charge < -0.3 is 4.42 Å². The molecule has 0 radical (unpaired) electrons. The summed E-state index contributed by atoms with van der Waals surface area (Å²) in [4.78, 5) is 15.1. The second-order valence-electron chi connectivity index (χ2n) is 11.6. The minimum atomic E-state index is 0.608. The summed E-state index contributed by atoms with van der Waals surface area (Å²) in [5.41, 5.74) is 4.45. The Morgan fingerprint density at radius 1 is 0.413 bits per heavy atom. The summed E-state index contributed by atoms with van der Waals surface area (Å²) < 4.78 is 8.83. The van der Waals surface area contributed by atoms with E-state index in [-0.39, 0.29) is 0 Å². The number of rotatable bonds is 3. The van der Waals surface area contributed by atoms with Crippen LogP contribution in [0.4, 0.5) is 0 Å². The van der Waals surface area contributed by atoms with Crippen molar-refractivity contribution < 1.29 is 4.42 Å². The number of fused-ring (bicyclic) bond motifs is 10. The van der Waals surface area contributed by atoms with Crippen molar-refractivity contribution in [2.75, 3.05) is 0 Å². The molecule has 0 aliphatic rings. The average Bonchev–Trinajstić information content (AvgIpc) is 3.69. The van der Waals surface area contributed by atoms with E-state index >= 15 is 0 Å². The summed E-state index contributed by atoms with van der Waals surface area (Å²) in [5.74, 6) is 1.88. The quantitative estimate of drug-likeness (QED) is 0.188. The predicted molar refractivity (Wildman–Crippen MR) is 191 cm³/mol. The van der Waals surface area contributed by atoms with Gasteiger partial charge in [0.15, 0.2) is 17.5 Å². The van der Waals surface area contributed by atoms with Crippen molar-refractivity contribution in [1.82, 2.24) is 15.0 Å². The van der Waals surface area contributed by atoms with Crippen molar-refractivity contribution in [2.24, 2.45) is 0 Å². The second kappa shape index (κ2) is 9.80. The zero-order valence-electron chi connectivity index (χ0n) is 24.4. The van der Waals surface area contributed by atoms with Crippen LogP contribution in [0.25, 0.3) is 97.8 Å². The van der Waals surface area contributed by atoms with Gasteiger partial charge in [0.05, 0.1) is 0 Å². The highest BCUT2D eigenvalue weighted by Crippen LogP contribution is 2.42. The molecule has 0 spiro atoms. The van der Waals surface area contributed by atoms with E-state index in [4.69, 9.17) is 19.4 Å². The molecule has 214 valence electrons. The first-order chi connectivity index (χ1) is 22.8. The fourth-order valence-electron chi connectivity index (χ4n) is 6.67. The molecule has 0 fully saturated rings. The predicted octanol–water partition coefficient (Wildman–Crippen LogP) is 11.4. The van der Waals surface area contributed by atoms with Gasteiger partial charge in [-0.25, -0.2) is 15.0 Å². The molecule has 0 saturated heterocycles. The maximum Gasteiger partial charge on any atom is 0.164 e. The highest BCUT2D eigenvalue weighted by atomic mass is 32.1. The molecule has 0 N–H and O–H groups in total. The minimum Gasteiger partial charge on any atom is -0.456 e. The van der Waals surface area contributed by atoms with Crippen molar-refractivity contribution in [2.45, 2.75) is 0 Å². The number of thiophene rings is 1. The molecule has 0 saturated carbocycles. The monoisotopic (exact) mass is 605 g/mol. The van der Waals surface area contributed by atoms with Crippen LogP contribution in [-0.4, -0.2) is 15.0 Å². The van der Waals surface area contributed by atoms with Crippen LogP contribution in [0.15, 0.2) is 144 Å². The molecule has 0 aliphatic carbocycles. The van der Waals surface area contributed by atoms with E-state index in [1.165, 1.54) is 41.7 Å². The normalized spacial score (nSPS) is 11.9. The van der Waals surface area contributed by atoms with E-state index in [0.29, 0.717) is 17.5 Å². The molecular formula is C41H23N3OS. The number of para-hydroxylation sites is 1. The zero-order chi connectivity index (χ0) is 30.2. The Labute approximate surface area is 267 Å². The van der Waals surface area contributed by atoms with Crippen LogP contribution < -0.4 is 0 Å². The van der Waals surface area contributed by atoms with Gasteiger partial charge in [-0.3, -0.25) is 0 Å². The van der Waals surface area contributed by atoms with Crippen LogP contribution in [-0.2, 0) is 0 Å². The van der Waals surface area contributed by atoms with Crippen LogP contribution >= 0.6 is 11.3 Å². The SMILES string of the molecule is c1ccc(-c2nc(-c3ccc4c(c3)oc3ccccc34)nc(-c3ccc4ccc5ccc6c7ccccc7sc6c5c4c3)n2)cc1. The van der Waals surface area contributed by atoms with Gasteiger partial charge in [0.2, 0.25) is 0 Å². The van der Waals surface area contributed by atoms with Crippen LogP contribution in [0.5, 0.6) is 0 Å². The molecule has 10 rings (SSSR count). The maximum absolute atomic E-state index is 6.22. The molecule has 4 nitrogen and oxygen atoms in total. The van der Waals surface area contributed by atoms with Gasteiger partial charge in [-0.1, -0.05) is 109 Å². The highest BCUT2D eigenvalue weighted by Gasteiger charge is 2.16. The summed E-state index contributed by atoms with van der Waals surface area (Å²) >= 11 is 1.86. The molecule has 0 atom stereocenters. The van der Waals surface area contributed by atoms with Crippen molar-refractivity contribution in [3.63, 3.8) is 0 Å². The lowest BCUT2D eigenvalue weighted by atomic mass is 9.98. The van der Waals surface area contributed by atoms with Crippen LogP contribution in [0.1, 0.15) is 0 Å². The van der Waals surface area contributed by atoms with E-state index < -0.39 is 0 Å². The first kappa shape index (κ1) is 25.4. The van der Waals surface area contributed by atoms with Crippen molar-refractivity contribution >= 4 is 75.0 Å². The first-order valence-electron chi connectivity index (χ1n) is 15.3. The zero-order valence-corrected chi connectivity index (χ0v) is 25.3. The number of nitrogens with zero attached hydrogens (tertiary/aromatic N) is 3. The molecule has 0 bridgehead atoms. The molecule has 5 heteroatoms. The van der Waals surface area contributed by atoms with Crippen LogP contribution in [0.2, 0.25) is 0 Å². The summed E-state index contributed by atoms with van der Waals surface area (Å²) in [6.07, 6.45) is 0. The van der Waals surface area contributed by atoms with Gasteiger partial charge in [-0.05, 0) is 46.5 Å². The lowest BCUT2D eigenvalue weighted by Crippen LogP contribution is -2.00. The van der Waals surface area contributed by atoms with E-state index in [2.05, 4.69) is 84.9 Å². The summed E-state index contributed by atoms with van der Waals surface area (Å²) in [6, 6.07) is 48.6. The molecular weight excluding hydrogens is 583 g/mol. The lowest BCUT2D eigenvalue weighted by molar-refractivity contribution is 0.669. The smallest absolute Gasteiger partial charge is 0.164 e. The Morgan fingerprint density at radius 2 is 1.02 bits per heavy atom. The first-order valence-corrected chi connectivity index (χ1v) is 16.1. The van der Waals surface area contributed by atoms with Crippen LogP contribution in [0, 0.1) is 0 Å². The molecule has 46 heavy (non-hydrogen) atoms. The number of hydrogen-bond donors (Lipinski definition) is 0. The Morgan fingerprint density at radius 3 is 1.89 bits per heavy atom. The van der Waals surface area contributed by atoms with Gasteiger partial charge >= 0.3 is 0 Å². The van der Waals surface area contributed by atoms with Gasteiger partial charge in [0.1, 0.15) is 11.2 Å². The highest BCUT2D eigenvalue weighted by molar-refractivity contribution is 7.26. The van der Waals surface area contributed by atoms with Crippen LogP contribution in [0.3, 0.4) is 0 Å². The van der Waals surface area contributed by atoms with Gasteiger partial charge in [0, 0.05) is 53.0 Å². The maximum atomic E-state index is 6.22. The second-order valence-corrected chi connectivity index (χ2v) is 12.7. The van der Waals surface area contributed by atoms with Crippen molar-refractivity contribution in [3.8, 4) is 34.2 Å². The topological polar surface area (TPSA) is 51.8 Å². The number of hydrogen-bond acceptors (Lipinski definition) is 5. The minimum absolute atomic E-state index is 0.608. The van der Waals surface area contributed by atoms with Gasteiger partial charge in [-0.2, -0.15) is 0 Å². The van der Waals surface area contributed by atoms with Crippen molar-refractivity contribution in [1.29, 1.82) is 0 Å².